The first-order chi connectivity index (χ1) is 7.63. The first kappa shape index (κ1) is 10.9. The van der Waals surface area contributed by atoms with E-state index in [1.54, 1.807) is 0 Å². The molecule has 1 atom stereocenters. The molecule has 1 unspecified atom stereocenters. The lowest BCUT2D eigenvalue weighted by molar-refractivity contribution is -0.117. The summed E-state index contributed by atoms with van der Waals surface area (Å²) in [5.74, 6) is 0.622. The van der Waals surface area contributed by atoms with E-state index in [2.05, 4.69) is 9.97 Å². The van der Waals surface area contributed by atoms with Gasteiger partial charge in [0.05, 0.1) is 6.33 Å². The zero-order valence-corrected chi connectivity index (χ0v) is 9.20. The number of carbonyl (C=O) groups is 1. The number of H-pyrrole nitrogens is 1. The number of rotatable bonds is 2. The number of hydrogen-bond acceptors (Lipinski definition) is 4. The molecule has 1 saturated heterocycles. The molecular formula is C9H11ClN4O2. The average molecular weight is 243 g/mol. The van der Waals surface area contributed by atoms with E-state index in [1.165, 1.54) is 11.2 Å². The maximum atomic E-state index is 11.7. The largest absolute Gasteiger partial charge is 0.391 e. The number of aromatic amines is 1. The van der Waals surface area contributed by atoms with Crippen molar-refractivity contribution in [3.8, 4) is 0 Å². The summed E-state index contributed by atoms with van der Waals surface area (Å²) in [6.45, 7) is 0.461. The highest BCUT2D eigenvalue weighted by atomic mass is 35.5. The van der Waals surface area contributed by atoms with Crippen molar-refractivity contribution >= 4 is 29.0 Å². The van der Waals surface area contributed by atoms with E-state index >= 15 is 0 Å². The van der Waals surface area contributed by atoms with Crippen LogP contribution < -0.4 is 16.2 Å². The van der Waals surface area contributed by atoms with Gasteiger partial charge in [-0.2, -0.15) is 0 Å². The van der Waals surface area contributed by atoms with Crippen molar-refractivity contribution in [3.63, 3.8) is 0 Å². The van der Waals surface area contributed by atoms with Crippen molar-refractivity contribution in [3.05, 3.63) is 16.7 Å². The normalized spacial score (nSPS) is 20.4. The van der Waals surface area contributed by atoms with Gasteiger partial charge >= 0.3 is 0 Å². The second-order valence-electron chi connectivity index (χ2n) is 3.70. The number of nitrogens with zero attached hydrogens (tertiary/aromatic N) is 2. The fourth-order valence-corrected chi connectivity index (χ4v) is 1.91. The van der Waals surface area contributed by atoms with Gasteiger partial charge in [-0.1, -0.05) is 0 Å². The molecule has 0 aliphatic carbocycles. The van der Waals surface area contributed by atoms with Crippen LogP contribution in [0, 0.1) is 5.92 Å². The quantitative estimate of drug-likeness (QED) is 0.711. The number of anilines is 2. The molecule has 2 rings (SSSR count). The Hall–Kier alpha value is -1.56. The van der Waals surface area contributed by atoms with Crippen molar-refractivity contribution in [1.29, 1.82) is 0 Å². The Morgan fingerprint density at radius 1 is 1.62 bits per heavy atom. The van der Waals surface area contributed by atoms with Gasteiger partial charge in [0.15, 0.2) is 5.82 Å². The number of nitrogens with two attached hydrogens (primary N) is 1. The number of aromatic nitrogens is 2. The highest BCUT2D eigenvalue weighted by molar-refractivity contribution is 6.18. The van der Waals surface area contributed by atoms with Gasteiger partial charge < -0.3 is 10.7 Å². The predicted molar refractivity (Wildman–Crippen MR) is 60.5 cm³/mol. The Bertz CT molecular complexity index is 473. The molecular weight excluding hydrogens is 232 g/mol. The van der Waals surface area contributed by atoms with Crippen LogP contribution >= 0.6 is 11.6 Å². The van der Waals surface area contributed by atoms with Gasteiger partial charge in [-0.15, -0.1) is 11.6 Å². The Labute approximate surface area is 96.4 Å². The SMILES string of the molecule is Nc1c(N2CC(CCl)CC2=O)nc[nH]c1=O. The van der Waals surface area contributed by atoms with Crippen LogP contribution in [0.5, 0.6) is 0 Å². The van der Waals surface area contributed by atoms with Crippen molar-refractivity contribution in [1.82, 2.24) is 9.97 Å². The zero-order chi connectivity index (χ0) is 11.7. The molecule has 1 aliphatic rings. The van der Waals surface area contributed by atoms with Crippen LogP contribution in [0.15, 0.2) is 11.1 Å². The molecule has 3 N–H and O–H groups in total. The first-order valence-corrected chi connectivity index (χ1v) is 5.36. The third-order valence-electron chi connectivity index (χ3n) is 2.55. The van der Waals surface area contributed by atoms with Gasteiger partial charge in [0.25, 0.3) is 5.56 Å². The second-order valence-corrected chi connectivity index (χ2v) is 4.01. The minimum Gasteiger partial charge on any atom is -0.391 e. The van der Waals surface area contributed by atoms with Crippen LogP contribution in [0.25, 0.3) is 0 Å². The van der Waals surface area contributed by atoms with Crippen molar-refractivity contribution in [2.45, 2.75) is 6.42 Å². The Morgan fingerprint density at radius 3 is 3.00 bits per heavy atom. The van der Waals surface area contributed by atoms with Gasteiger partial charge in [-0.3, -0.25) is 14.5 Å². The fraction of sp³-hybridized carbons (Fsp3) is 0.444. The van der Waals surface area contributed by atoms with Crippen LogP contribution in [0.3, 0.4) is 0 Å². The smallest absolute Gasteiger partial charge is 0.276 e. The zero-order valence-electron chi connectivity index (χ0n) is 8.44. The van der Waals surface area contributed by atoms with Crippen LogP contribution in [0.2, 0.25) is 0 Å². The summed E-state index contributed by atoms with van der Waals surface area (Å²) >= 11 is 5.70. The summed E-state index contributed by atoms with van der Waals surface area (Å²) < 4.78 is 0. The number of nitrogens with one attached hydrogen (secondary N) is 1. The molecule has 0 aromatic carbocycles. The van der Waals surface area contributed by atoms with E-state index in [4.69, 9.17) is 17.3 Å². The number of hydrogen-bond donors (Lipinski definition) is 2. The maximum absolute atomic E-state index is 11.7. The molecule has 86 valence electrons. The fourth-order valence-electron chi connectivity index (χ4n) is 1.71. The molecule has 0 saturated carbocycles. The molecule has 1 fully saturated rings. The molecule has 1 aliphatic heterocycles. The van der Waals surface area contributed by atoms with E-state index in [0.717, 1.165) is 0 Å². The summed E-state index contributed by atoms with van der Waals surface area (Å²) in [6, 6.07) is 0. The van der Waals surface area contributed by atoms with Gasteiger partial charge in [0.1, 0.15) is 5.69 Å². The molecule has 1 aromatic heterocycles. The minimum absolute atomic E-state index is 0.0360. The lowest BCUT2D eigenvalue weighted by Crippen LogP contribution is -2.29. The van der Waals surface area contributed by atoms with E-state index < -0.39 is 5.56 Å². The van der Waals surface area contributed by atoms with Gasteiger partial charge in [0, 0.05) is 18.8 Å². The highest BCUT2D eigenvalue weighted by Gasteiger charge is 2.32. The van der Waals surface area contributed by atoms with Crippen LogP contribution in [0.1, 0.15) is 6.42 Å². The highest BCUT2D eigenvalue weighted by Crippen LogP contribution is 2.25. The molecule has 0 spiro atoms. The lowest BCUT2D eigenvalue weighted by atomic mass is 10.1. The van der Waals surface area contributed by atoms with E-state index in [-0.39, 0.29) is 23.3 Å². The third kappa shape index (κ3) is 1.76. The van der Waals surface area contributed by atoms with Gasteiger partial charge in [-0.05, 0) is 5.92 Å². The summed E-state index contributed by atoms with van der Waals surface area (Å²) in [6.07, 6.45) is 1.60. The van der Waals surface area contributed by atoms with Gasteiger partial charge in [0.2, 0.25) is 5.91 Å². The monoisotopic (exact) mass is 242 g/mol. The molecule has 6 nitrogen and oxygen atoms in total. The molecule has 1 amide bonds. The average Bonchev–Trinajstić information content (AvgIpc) is 2.64. The van der Waals surface area contributed by atoms with Crippen molar-refractivity contribution in [2.75, 3.05) is 23.1 Å². The lowest BCUT2D eigenvalue weighted by Gasteiger charge is -2.15. The molecule has 1 aromatic rings. The molecule has 2 heterocycles. The van der Waals surface area contributed by atoms with E-state index in [1.807, 2.05) is 0 Å². The first-order valence-electron chi connectivity index (χ1n) is 4.83. The van der Waals surface area contributed by atoms with E-state index in [0.29, 0.717) is 18.8 Å². The number of nitrogen functional groups attached to an aromatic ring is 1. The number of alkyl halides is 1. The van der Waals surface area contributed by atoms with Crippen molar-refractivity contribution < 1.29 is 4.79 Å². The van der Waals surface area contributed by atoms with Crippen LogP contribution in [0.4, 0.5) is 11.5 Å². The predicted octanol–water partition coefficient (Wildman–Crippen LogP) is -0.0562. The molecule has 0 radical (unpaired) electrons. The number of amides is 1. The second kappa shape index (κ2) is 4.13. The summed E-state index contributed by atoms with van der Waals surface area (Å²) in [5, 5.41) is 0. The summed E-state index contributed by atoms with van der Waals surface area (Å²) in [4.78, 5) is 30.6. The topological polar surface area (TPSA) is 92.1 Å². The van der Waals surface area contributed by atoms with Crippen LogP contribution in [-0.2, 0) is 4.79 Å². The summed E-state index contributed by atoms with van der Waals surface area (Å²) in [7, 11) is 0. The molecule has 7 heteroatoms. The molecule has 16 heavy (non-hydrogen) atoms. The van der Waals surface area contributed by atoms with E-state index in [9.17, 15) is 9.59 Å². The standard InChI is InChI=1S/C9H11ClN4O2/c10-2-5-1-6(15)14(3-5)8-7(11)9(16)13-4-12-8/h4-5H,1-3,11H2,(H,12,13,16). The Morgan fingerprint density at radius 2 is 2.38 bits per heavy atom. The summed E-state index contributed by atoms with van der Waals surface area (Å²) in [5.41, 5.74) is 5.10. The number of halogens is 1. The molecule has 0 bridgehead atoms. The minimum atomic E-state index is -0.438. The van der Waals surface area contributed by atoms with Gasteiger partial charge in [-0.25, -0.2) is 4.98 Å². The maximum Gasteiger partial charge on any atom is 0.276 e. The third-order valence-corrected chi connectivity index (χ3v) is 2.98. The van der Waals surface area contributed by atoms with Crippen molar-refractivity contribution in [2.24, 2.45) is 5.92 Å². The van der Waals surface area contributed by atoms with Crippen LogP contribution in [-0.4, -0.2) is 28.3 Å². The number of carbonyl (C=O) groups excluding carboxylic acids is 1. The Balaban J connectivity index is 2.35. The Kier molecular flexibility index (Phi) is 2.82.